The third-order valence-electron chi connectivity index (χ3n) is 2.90. The molecule has 18 heavy (non-hydrogen) atoms. The maximum Gasteiger partial charge on any atom is 0.240 e. The molecule has 1 heterocycles. The quantitative estimate of drug-likeness (QED) is 0.881. The first-order valence-corrected chi connectivity index (χ1v) is 8.51. The molecule has 0 saturated carbocycles. The van der Waals surface area contributed by atoms with Gasteiger partial charge in [0.05, 0.1) is 11.0 Å². The Balaban J connectivity index is 2.20. The van der Waals surface area contributed by atoms with E-state index in [9.17, 15) is 13.5 Å². The molecule has 2 N–H and O–H groups in total. The summed E-state index contributed by atoms with van der Waals surface area (Å²) in [5.41, 5.74) is 0.610. The Morgan fingerprint density at radius 2 is 2.28 bits per heavy atom. The molecule has 1 aromatic carbocycles. The van der Waals surface area contributed by atoms with Crippen molar-refractivity contribution in [3.63, 3.8) is 0 Å². The molecule has 1 aliphatic rings. The Hall–Kier alpha value is -0.560. The molecule has 1 saturated heterocycles. The van der Waals surface area contributed by atoms with E-state index >= 15 is 0 Å². The van der Waals surface area contributed by atoms with Gasteiger partial charge in [-0.25, -0.2) is 13.1 Å². The molecule has 6 heteroatoms. The molecule has 1 aromatic rings. The fraction of sp³-hybridized carbons (Fsp3) is 0.500. The van der Waals surface area contributed by atoms with E-state index in [1.807, 2.05) is 0 Å². The summed E-state index contributed by atoms with van der Waals surface area (Å²) in [6.45, 7) is 1.62. The van der Waals surface area contributed by atoms with Crippen LogP contribution >= 0.6 is 11.8 Å². The first kappa shape index (κ1) is 13.9. The Kier molecular flexibility index (Phi) is 4.32. The highest BCUT2D eigenvalue weighted by molar-refractivity contribution is 7.99. The summed E-state index contributed by atoms with van der Waals surface area (Å²) in [5.74, 6) is 1.83. The van der Waals surface area contributed by atoms with Crippen molar-refractivity contribution < 1.29 is 13.5 Å². The highest BCUT2D eigenvalue weighted by atomic mass is 32.2. The molecule has 1 aliphatic heterocycles. The Labute approximate surface area is 112 Å². The normalized spacial score (nSPS) is 22.0. The van der Waals surface area contributed by atoms with Crippen LogP contribution < -0.4 is 4.72 Å². The maximum atomic E-state index is 12.2. The van der Waals surface area contributed by atoms with Crippen LogP contribution in [-0.2, 0) is 10.0 Å². The minimum Gasteiger partial charge on any atom is -0.389 e. The molecule has 1 fully saturated rings. The van der Waals surface area contributed by atoms with Crippen molar-refractivity contribution in [2.24, 2.45) is 0 Å². The molecule has 0 amide bonds. The average molecular weight is 287 g/mol. The molecule has 2 atom stereocenters. The second-order valence-corrected chi connectivity index (χ2v) is 7.29. The van der Waals surface area contributed by atoms with Crippen molar-refractivity contribution in [3.05, 3.63) is 29.8 Å². The van der Waals surface area contributed by atoms with Crippen LogP contribution in [0.2, 0.25) is 0 Å². The van der Waals surface area contributed by atoms with Crippen molar-refractivity contribution >= 4 is 21.8 Å². The Bertz CT molecular complexity index is 508. The number of hydrogen-bond donors (Lipinski definition) is 2. The molecule has 2 unspecified atom stereocenters. The van der Waals surface area contributed by atoms with Gasteiger partial charge in [-0.2, -0.15) is 11.8 Å². The van der Waals surface area contributed by atoms with E-state index < -0.39 is 16.1 Å². The third-order valence-corrected chi connectivity index (χ3v) is 5.58. The number of rotatable bonds is 4. The second kappa shape index (κ2) is 5.61. The molecular formula is C12H17NO3S2. The predicted octanol–water partition coefficient (Wildman–Crippen LogP) is 1.52. The fourth-order valence-corrected chi connectivity index (χ4v) is 4.44. The topological polar surface area (TPSA) is 66.4 Å². The van der Waals surface area contributed by atoms with Gasteiger partial charge in [0.1, 0.15) is 0 Å². The smallest absolute Gasteiger partial charge is 0.240 e. The molecule has 2 rings (SSSR count). The minimum atomic E-state index is -3.47. The van der Waals surface area contributed by atoms with Gasteiger partial charge in [-0.05, 0) is 36.8 Å². The molecule has 4 nitrogen and oxygen atoms in total. The van der Waals surface area contributed by atoms with Crippen LogP contribution in [0.4, 0.5) is 0 Å². The summed E-state index contributed by atoms with van der Waals surface area (Å²) < 4.78 is 27.0. The third kappa shape index (κ3) is 3.26. The molecule has 0 radical (unpaired) electrons. The number of benzene rings is 1. The van der Waals surface area contributed by atoms with Gasteiger partial charge in [0.15, 0.2) is 0 Å². The van der Waals surface area contributed by atoms with E-state index in [1.165, 1.54) is 6.07 Å². The van der Waals surface area contributed by atoms with Crippen molar-refractivity contribution in [2.75, 3.05) is 11.5 Å². The van der Waals surface area contributed by atoms with E-state index in [0.29, 0.717) is 5.56 Å². The van der Waals surface area contributed by atoms with Crippen LogP contribution in [0.15, 0.2) is 29.2 Å². The monoisotopic (exact) mass is 287 g/mol. The summed E-state index contributed by atoms with van der Waals surface area (Å²) in [6, 6.07) is 6.47. The summed E-state index contributed by atoms with van der Waals surface area (Å²) in [4.78, 5) is 0.220. The van der Waals surface area contributed by atoms with Gasteiger partial charge < -0.3 is 5.11 Å². The molecular weight excluding hydrogens is 270 g/mol. The number of hydrogen-bond acceptors (Lipinski definition) is 4. The van der Waals surface area contributed by atoms with E-state index in [1.54, 1.807) is 36.9 Å². The molecule has 100 valence electrons. The van der Waals surface area contributed by atoms with Gasteiger partial charge in [-0.15, -0.1) is 0 Å². The van der Waals surface area contributed by atoms with E-state index in [2.05, 4.69) is 4.72 Å². The van der Waals surface area contributed by atoms with Gasteiger partial charge in [-0.3, -0.25) is 0 Å². The van der Waals surface area contributed by atoms with Gasteiger partial charge >= 0.3 is 0 Å². The number of nitrogens with one attached hydrogen (secondary N) is 1. The first-order chi connectivity index (χ1) is 8.49. The summed E-state index contributed by atoms with van der Waals surface area (Å²) in [6.07, 6.45) is 0.210. The van der Waals surface area contributed by atoms with Crippen LogP contribution in [0, 0.1) is 0 Å². The lowest BCUT2D eigenvalue weighted by Gasteiger charge is -2.13. The SMILES string of the molecule is CC(O)c1cccc(S(=O)(=O)NC2CCSC2)c1. The minimum absolute atomic E-state index is 0.0233. The van der Waals surface area contributed by atoms with E-state index in [4.69, 9.17) is 0 Å². The predicted molar refractivity (Wildman–Crippen MR) is 73.1 cm³/mol. The Morgan fingerprint density at radius 1 is 1.50 bits per heavy atom. The van der Waals surface area contributed by atoms with Crippen molar-refractivity contribution in [2.45, 2.75) is 30.4 Å². The van der Waals surface area contributed by atoms with Gasteiger partial charge in [-0.1, -0.05) is 12.1 Å². The summed E-state index contributed by atoms with van der Waals surface area (Å²) >= 11 is 1.76. The van der Waals surface area contributed by atoms with Gasteiger partial charge in [0, 0.05) is 11.8 Å². The lowest BCUT2D eigenvalue weighted by atomic mass is 10.1. The van der Waals surface area contributed by atoms with Crippen LogP contribution in [0.3, 0.4) is 0 Å². The maximum absolute atomic E-state index is 12.2. The number of thioether (sulfide) groups is 1. The average Bonchev–Trinajstić information content (AvgIpc) is 2.81. The van der Waals surface area contributed by atoms with Crippen molar-refractivity contribution in [3.8, 4) is 0 Å². The second-order valence-electron chi connectivity index (χ2n) is 4.43. The van der Waals surface area contributed by atoms with Crippen LogP contribution in [0.5, 0.6) is 0 Å². The molecule has 0 spiro atoms. The van der Waals surface area contributed by atoms with E-state index in [0.717, 1.165) is 17.9 Å². The zero-order valence-electron chi connectivity index (χ0n) is 10.2. The highest BCUT2D eigenvalue weighted by Gasteiger charge is 2.23. The molecule has 0 bridgehead atoms. The number of aliphatic hydroxyl groups is 1. The molecule has 0 aromatic heterocycles. The van der Waals surface area contributed by atoms with Crippen LogP contribution in [0.1, 0.15) is 25.0 Å². The van der Waals surface area contributed by atoms with Crippen LogP contribution in [0.25, 0.3) is 0 Å². The van der Waals surface area contributed by atoms with Gasteiger partial charge in [0.25, 0.3) is 0 Å². The lowest BCUT2D eigenvalue weighted by molar-refractivity contribution is 0.199. The van der Waals surface area contributed by atoms with Crippen molar-refractivity contribution in [1.29, 1.82) is 0 Å². The van der Waals surface area contributed by atoms with Crippen LogP contribution in [-0.4, -0.2) is 31.1 Å². The number of aliphatic hydroxyl groups excluding tert-OH is 1. The zero-order chi connectivity index (χ0) is 13.2. The van der Waals surface area contributed by atoms with Crippen molar-refractivity contribution in [1.82, 2.24) is 4.72 Å². The highest BCUT2D eigenvalue weighted by Crippen LogP contribution is 2.21. The fourth-order valence-electron chi connectivity index (χ4n) is 1.86. The molecule has 0 aliphatic carbocycles. The summed E-state index contributed by atoms with van der Waals surface area (Å²) in [7, 11) is -3.47. The number of sulfonamides is 1. The lowest BCUT2D eigenvalue weighted by Crippen LogP contribution is -2.34. The Morgan fingerprint density at radius 3 is 2.89 bits per heavy atom. The largest absolute Gasteiger partial charge is 0.389 e. The summed E-state index contributed by atoms with van der Waals surface area (Å²) in [5, 5.41) is 9.48. The van der Waals surface area contributed by atoms with E-state index in [-0.39, 0.29) is 10.9 Å². The van der Waals surface area contributed by atoms with Gasteiger partial charge in [0.2, 0.25) is 10.0 Å². The first-order valence-electron chi connectivity index (χ1n) is 5.87. The zero-order valence-corrected chi connectivity index (χ0v) is 11.8. The standard InChI is InChI=1S/C12H17NO3S2/c1-9(14)10-3-2-4-12(7-10)18(15,16)13-11-5-6-17-8-11/h2-4,7,9,11,13-14H,5-6,8H2,1H3.